The van der Waals surface area contributed by atoms with Crippen molar-refractivity contribution in [3.63, 3.8) is 0 Å². The van der Waals surface area contributed by atoms with Crippen molar-refractivity contribution in [1.29, 1.82) is 0 Å². The molecule has 0 aliphatic heterocycles. The average molecular weight is 206 g/mol. The van der Waals surface area contributed by atoms with E-state index in [-0.39, 0.29) is 24.0 Å². The van der Waals surface area contributed by atoms with Crippen LogP contribution in [0.1, 0.15) is 0 Å². The summed E-state index contributed by atoms with van der Waals surface area (Å²) in [4.78, 5) is 18.7. The summed E-state index contributed by atoms with van der Waals surface area (Å²) in [6.07, 6.45) is 0. The highest BCUT2D eigenvalue weighted by molar-refractivity contribution is 5.33. The first-order chi connectivity index (χ1) is 5.91. The molecule has 0 spiro atoms. The molecule has 1 aromatic rings. The Kier molecular flexibility index (Phi) is 6.18. The van der Waals surface area contributed by atoms with E-state index < -0.39 is 5.09 Å². The summed E-state index contributed by atoms with van der Waals surface area (Å²) >= 11 is 0. The van der Waals surface area contributed by atoms with Crippen LogP contribution in [-0.2, 0) is 0 Å². The van der Waals surface area contributed by atoms with Crippen LogP contribution in [0.5, 0.6) is 0 Å². The third-order valence-electron chi connectivity index (χ3n) is 0.687. The molecule has 0 radical (unpaired) electrons. The minimum absolute atomic E-state index is 0. The van der Waals surface area contributed by atoms with E-state index in [9.17, 15) is 0 Å². The molecular formula is C3H10N8O3. The smallest absolute Gasteiger partial charge is 0.226 e. The standard InChI is InChI=1S/C3H6N6.NO3.H3N/c4-1-7-2(5)9-3(6)8-1;2-1(3)4;/h(H6,4,5,6,7,8,9);;1H3/q;-1;/p+1. The average Bonchev–Trinajstić information content (AvgIpc) is 1.80. The summed E-state index contributed by atoms with van der Waals surface area (Å²) in [5, 5.41) is 14.8. The number of hydrogen-bond acceptors (Lipinski definition) is 9. The Balaban J connectivity index is 0. The Bertz CT molecular complexity index is 247. The molecule has 11 nitrogen and oxygen atoms in total. The van der Waals surface area contributed by atoms with E-state index in [0.29, 0.717) is 0 Å². The summed E-state index contributed by atoms with van der Waals surface area (Å²) in [5.74, 6) is 0.125. The van der Waals surface area contributed by atoms with E-state index in [1.54, 1.807) is 0 Å². The maximum atomic E-state index is 8.25. The topological polar surface area (TPSA) is 219 Å². The van der Waals surface area contributed by atoms with Crippen molar-refractivity contribution < 1.29 is 5.09 Å². The molecule has 0 aromatic carbocycles. The predicted molar refractivity (Wildman–Crippen MR) is 49.4 cm³/mol. The minimum Gasteiger partial charge on any atom is -0.369 e. The van der Waals surface area contributed by atoms with Gasteiger partial charge < -0.3 is 38.7 Å². The molecule has 0 atom stereocenters. The van der Waals surface area contributed by atoms with E-state index in [2.05, 4.69) is 15.0 Å². The van der Waals surface area contributed by atoms with Crippen molar-refractivity contribution in [2.75, 3.05) is 17.2 Å². The molecule has 10 N–H and O–H groups in total. The van der Waals surface area contributed by atoms with Gasteiger partial charge in [-0.1, -0.05) is 0 Å². The molecule has 0 saturated heterocycles. The monoisotopic (exact) mass is 206 g/mol. The Hall–Kier alpha value is -2.43. The molecule has 14 heavy (non-hydrogen) atoms. The number of aromatic nitrogens is 3. The zero-order valence-corrected chi connectivity index (χ0v) is 7.25. The van der Waals surface area contributed by atoms with Gasteiger partial charge in [0.25, 0.3) is 0 Å². The number of nitrogen functional groups attached to an aromatic ring is 3. The van der Waals surface area contributed by atoms with Crippen LogP contribution in [0.15, 0.2) is 0 Å². The van der Waals surface area contributed by atoms with Gasteiger partial charge in [-0.2, -0.15) is 15.0 Å². The van der Waals surface area contributed by atoms with E-state index in [4.69, 9.17) is 32.5 Å². The van der Waals surface area contributed by atoms with Crippen LogP contribution < -0.4 is 23.4 Å². The largest absolute Gasteiger partial charge is 0.369 e. The Morgan fingerprint density at radius 3 is 1.21 bits per heavy atom. The lowest BCUT2D eigenvalue weighted by atomic mass is 10.9. The van der Waals surface area contributed by atoms with Crippen molar-refractivity contribution in [3.05, 3.63) is 15.3 Å². The summed E-state index contributed by atoms with van der Waals surface area (Å²) in [6, 6.07) is 0. The summed E-state index contributed by atoms with van der Waals surface area (Å²) < 4.78 is 0. The van der Waals surface area contributed by atoms with Gasteiger partial charge >= 0.3 is 0 Å². The molecule has 0 saturated carbocycles. The first-order valence-corrected chi connectivity index (χ1v) is 2.76. The molecule has 0 aliphatic carbocycles. The van der Waals surface area contributed by atoms with Gasteiger partial charge in [-0.15, -0.1) is 0 Å². The van der Waals surface area contributed by atoms with E-state index in [1.807, 2.05) is 0 Å². The summed E-state index contributed by atoms with van der Waals surface area (Å²) in [5.41, 5.74) is 15.4. The van der Waals surface area contributed by atoms with E-state index in [0.717, 1.165) is 0 Å². The van der Waals surface area contributed by atoms with Crippen molar-refractivity contribution in [1.82, 2.24) is 21.1 Å². The van der Waals surface area contributed by atoms with Crippen LogP contribution in [0.3, 0.4) is 0 Å². The van der Waals surface area contributed by atoms with Crippen LogP contribution in [0.2, 0.25) is 0 Å². The number of nitrogens with two attached hydrogens (primary N) is 3. The van der Waals surface area contributed by atoms with Crippen molar-refractivity contribution >= 4 is 17.8 Å². The number of quaternary nitrogens is 1. The molecule has 1 rings (SSSR count). The van der Waals surface area contributed by atoms with Gasteiger partial charge in [0, 0.05) is 0 Å². The predicted octanol–water partition coefficient (Wildman–Crippen LogP) is -1.24. The van der Waals surface area contributed by atoms with Gasteiger partial charge in [0.15, 0.2) is 0 Å². The molecule has 0 fully saturated rings. The maximum absolute atomic E-state index is 8.25. The normalized spacial score (nSPS) is 7.71. The Labute approximate surface area is 77.7 Å². The third-order valence-corrected chi connectivity index (χ3v) is 0.687. The zero-order chi connectivity index (χ0) is 10.4. The second-order valence-corrected chi connectivity index (χ2v) is 1.63. The number of hydrogen-bond donors (Lipinski definition) is 4. The molecule has 0 bridgehead atoms. The maximum Gasteiger partial charge on any atom is 0.226 e. The Morgan fingerprint density at radius 1 is 0.929 bits per heavy atom. The molecule has 1 heterocycles. The zero-order valence-electron chi connectivity index (χ0n) is 7.25. The molecule has 0 aliphatic rings. The highest BCUT2D eigenvalue weighted by atomic mass is 16.9. The van der Waals surface area contributed by atoms with Crippen LogP contribution in [0, 0.1) is 15.3 Å². The van der Waals surface area contributed by atoms with Gasteiger partial charge in [0.05, 0.1) is 5.09 Å². The van der Waals surface area contributed by atoms with Gasteiger partial charge in [0.1, 0.15) is 0 Å². The number of anilines is 3. The molecule has 1 aromatic heterocycles. The summed E-state index contributed by atoms with van der Waals surface area (Å²) in [6.45, 7) is 0. The number of nitrogens with zero attached hydrogens (tertiary/aromatic N) is 4. The quantitative estimate of drug-likeness (QED) is 0.293. The van der Waals surface area contributed by atoms with Crippen LogP contribution >= 0.6 is 0 Å². The second-order valence-electron chi connectivity index (χ2n) is 1.63. The fourth-order valence-electron chi connectivity index (χ4n) is 0.427. The van der Waals surface area contributed by atoms with Crippen molar-refractivity contribution in [2.24, 2.45) is 0 Å². The van der Waals surface area contributed by atoms with Crippen LogP contribution in [0.4, 0.5) is 17.8 Å². The summed E-state index contributed by atoms with van der Waals surface area (Å²) in [7, 11) is 0. The SMILES string of the molecule is Nc1nc(N)nc(N)n1.O=[N+]([O-])[O-].[NH4+]. The van der Waals surface area contributed by atoms with Gasteiger partial charge in [-0.25, -0.2) is 0 Å². The van der Waals surface area contributed by atoms with Gasteiger partial charge in [-0.05, 0) is 0 Å². The fraction of sp³-hybridized carbons (Fsp3) is 0. The Morgan fingerprint density at radius 2 is 1.07 bits per heavy atom. The molecule has 0 amide bonds. The number of rotatable bonds is 0. The minimum atomic E-state index is -1.75. The van der Waals surface area contributed by atoms with E-state index >= 15 is 0 Å². The van der Waals surface area contributed by atoms with Crippen molar-refractivity contribution in [2.45, 2.75) is 0 Å². The van der Waals surface area contributed by atoms with Crippen molar-refractivity contribution in [3.8, 4) is 0 Å². The lowest BCUT2D eigenvalue weighted by Crippen LogP contribution is -2.05. The highest BCUT2D eigenvalue weighted by Gasteiger charge is 1.93. The highest BCUT2D eigenvalue weighted by Crippen LogP contribution is 1.97. The molecule has 0 unspecified atom stereocenters. The van der Waals surface area contributed by atoms with Crippen LogP contribution in [-0.4, -0.2) is 20.0 Å². The molecule has 11 heteroatoms. The van der Waals surface area contributed by atoms with Crippen LogP contribution in [0.25, 0.3) is 0 Å². The van der Waals surface area contributed by atoms with E-state index in [1.165, 1.54) is 0 Å². The lowest BCUT2D eigenvalue weighted by Gasteiger charge is -1.93. The molecular weight excluding hydrogens is 196 g/mol. The first kappa shape index (κ1) is 14.1. The van der Waals surface area contributed by atoms with Gasteiger partial charge in [-0.3, -0.25) is 0 Å². The van der Waals surface area contributed by atoms with Gasteiger partial charge in [0.2, 0.25) is 17.8 Å². The first-order valence-electron chi connectivity index (χ1n) is 2.76. The third kappa shape index (κ3) is 7.67. The molecule has 80 valence electrons. The second kappa shape index (κ2) is 6.13. The lowest BCUT2D eigenvalue weighted by molar-refractivity contribution is -0.402. The fourth-order valence-corrected chi connectivity index (χ4v) is 0.427.